The van der Waals surface area contributed by atoms with Crippen molar-refractivity contribution in [1.82, 2.24) is 0 Å². The van der Waals surface area contributed by atoms with Crippen molar-refractivity contribution in [3.8, 4) is 5.75 Å². The largest absolute Gasteiger partial charge is 0.493 e. The Morgan fingerprint density at radius 1 is 1.12 bits per heavy atom. The van der Waals surface area contributed by atoms with Crippen LogP contribution in [-0.2, 0) is 0 Å². The predicted molar refractivity (Wildman–Crippen MR) is 72.5 cm³/mol. The minimum absolute atomic E-state index is 0.571. The lowest BCUT2D eigenvalue weighted by Gasteiger charge is -2.12. The molecule has 1 aromatic rings. The first-order valence-corrected chi connectivity index (χ1v) is 6.76. The Balaban J connectivity index is 2.73. The van der Waals surface area contributed by atoms with Crippen LogP contribution in [0.3, 0.4) is 0 Å². The van der Waals surface area contributed by atoms with E-state index in [4.69, 9.17) is 4.74 Å². The van der Waals surface area contributed by atoms with E-state index in [1.54, 1.807) is 0 Å². The third-order valence-corrected chi connectivity index (χ3v) is 2.96. The van der Waals surface area contributed by atoms with Crippen molar-refractivity contribution in [2.45, 2.75) is 44.8 Å². The highest BCUT2D eigenvalue weighted by atomic mass is 32.2. The summed E-state index contributed by atoms with van der Waals surface area (Å²) in [5, 5.41) is 0.611. The SMILES string of the molecule is Cc1cc(OCC(C)C)cc(SC(C)C)c1. The molecule has 2 heteroatoms. The number of rotatable bonds is 5. The highest BCUT2D eigenvalue weighted by Gasteiger charge is 2.03. The Bertz CT molecular complexity index is 332. The van der Waals surface area contributed by atoms with Gasteiger partial charge in [0.2, 0.25) is 0 Å². The molecule has 0 saturated carbocycles. The topological polar surface area (TPSA) is 9.23 Å². The molecule has 0 fully saturated rings. The van der Waals surface area contributed by atoms with Gasteiger partial charge in [-0.2, -0.15) is 0 Å². The second-order valence-electron chi connectivity index (χ2n) is 4.85. The molecule has 0 spiro atoms. The number of ether oxygens (including phenoxy) is 1. The lowest BCUT2D eigenvalue weighted by molar-refractivity contribution is 0.270. The smallest absolute Gasteiger partial charge is 0.120 e. The van der Waals surface area contributed by atoms with E-state index in [9.17, 15) is 0 Å². The van der Waals surface area contributed by atoms with E-state index in [0.29, 0.717) is 11.2 Å². The van der Waals surface area contributed by atoms with Crippen LogP contribution in [0.4, 0.5) is 0 Å². The predicted octanol–water partition coefficient (Wildman–Crippen LogP) is 4.53. The number of aryl methyl sites for hydroxylation is 1. The fourth-order valence-corrected chi connectivity index (χ4v) is 2.38. The van der Waals surface area contributed by atoms with Gasteiger partial charge in [-0.15, -0.1) is 11.8 Å². The third-order valence-electron chi connectivity index (χ3n) is 1.98. The van der Waals surface area contributed by atoms with Gasteiger partial charge in [0.25, 0.3) is 0 Å². The molecule has 1 rings (SSSR count). The van der Waals surface area contributed by atoms with Crippen LogP contribution in [0.2, 0.25) is 0 Å². The van der Waals surface area contributed by atoms with Crippen molar-refractivity contribution in [3.63, 3.8) is 0 Å². The van der Waals surface area contributed by atoms with Crippen LogP contribution in [-0.4, -0.2) is 11.9 Å². The normalized spacial score (nSPS) is 11.2. The molecule has 0 unspecified atom stereocenters. The zero-order valence-electron chi connectivity index (χ0n) is 10.9. The summed E-state index contributed by atoms with van der Waals surface area (Å²) < 4.78 is 5.76. The number of hydrogen-bond donors (Lipinski definition) is 0. The van der Waals surface area contributed by atoms with Gasteiger partial charge in [0.15, 0.2) is 0 Å². The first-order chi connectivity index (χ1) is 7.47. The highest BCUT2D eigenvalue weighted by Crippen LogP contribution is 2.28. The summed E-state index contributed by atoms with van der Waals surface area (Å²) >= 11 is 1.88. The molecular formula is C14H22OS. The van der Waals surface area contributed by atoms with Crippen molar-refractivity contribution in [2.24, 2.45) is 5.92 Å². The third kappa shape index (κ3) is 4.93. The minimum Gasteiger partial charge on any atom is -0.493 e. The molecule has 0 atom stereocenters. The fourth-order valence-electron chi connectivity index (χ4n) is 1.40. The van der Waals surface area contributed by atoms with E-state index in [-0.39, 0.29) is 0 Å². The molecule has 1 aromatic carbocycles. The summed E-state index contributed by atoms with van der Waals surface area (Å²) in [5.74, 6) is 1.57. The summed E-state index contributed by atoms with van der Waals surface area (Å²) in [6.45, 7) is 11.7. The Labute approximate surface area is 104 Å². The molecule has 0 amide bonds. The molecule has 90 valence electrons. The van der Waals surface area contributed by atoms with Crippen LogP contribution in [0, 0.1) is 12.8 Å². The maximum Gasteiger partial charge on any atom is 0.120 e. The van der Waals surface area contributed by atoms with E-state index in [2.05, 4.69) is 52.8 Å². The van der Waals surface area contributed by atoms with E-state index in [0.717, 1.165) is 12.4 Å². The van der Waals surface area contributed by atoms with Crippen molar-refractivity contribution in [1.29, 1.82) is 0 Å². The van der Waals surface area contributed by atoms with E-state index in [1.165, 1.54) is 10.5 Å². The zero-order chi connectivity index (χ0) is 12.1. The van der Waals surface area contributed by atoms with Crippen LogP contribution in [0.25, 0.3) is 0 Å². The summed E-state index contributed by atoms with van der Waals surface area (Å²) in [6, 6.07) is 6.46. The van der Waals surface area contributed by atoms with Gasteiger partial charge in [0, 0.05) is 10.1 Å². The zero-order valence-corrected chi connectivity index (χ0v) is 11.7. The van der Waals surface area contributed by atoms with Crippen LogP contribution in [0.1, 0.15) is 33.3 Å². The van der Waals surface area contributed by atoms with E-state index < -0.39 is 0 Å². The van der Waals surface area contributed by atoms with Gasteiger partial charge in [-0.05, 0) is 36.6 Å². The molecule has 0 bridgehead atoms. The average Bonchev–Trinajstić information content (AvgIpc) is 2.12. The van der Waals surface area contributed by atoms with Crippen molar-refractivity contribution in [3.05, 3.63) is 23.8 Å². The minimum atomic E-state index is 0.571. The first kappa shape index (κ1) is 13.4. The summed E-state index contributed by atoms with van der Waals surface area (Å²) in [7, 11) is 0. The lowest BCUT2D eigenvalue weighted by atomic mass is 10.2. The van der Waals surface area contributed by atoms with Crippen LogP contribution >= 0.6 is 11.8 Å². The molecule has 0 N–H and O–H groups in total. The maximum absolute atomic E-state index is 5.76. The average molecular weight is 238 g/mol. The van der Waals surface area contributed by atoms with Crippen molar-refractivity contribution < 1.29 is 4.74 Å². The Hall–Kier alpha value is -0.630. The Kier molecular flexibility index (Phi) is 5.20. The van der Waals surface area contributed by atoms with Crippen LogP contribution in [0.5, 0.6) is 5.75 Å². The Morgan fingerprint density at radius 2 is 1.81 bits per heavy atom. The van der Waals surface area contributed by atoms with Gasteiger partial charge < -0.3 is 4.74 Å². The molecular weight excluding hydrogens is 216 g/mol. The summed E-state index contributed by atoms with van der Waals surface area (Å²) in [5.41, 5.74) is 1.27. The molecule has 16 heavy (non-hydrogen) atoms. The standard InChI is InChI=1S/C14H22OS/c1-10(2)9-15-13-6-12(5)7-14(8-13)16-11(3)4/h6-8,10-11H,9H2,1-5H3. The Morgan fingerprint density at radius 3 is 2.38 bits per heavy atom. The van der Waals surface area contributed by atoms with E-state index >= 15 is 0 Å². The van der Waals surface area contributed by atoms with Gasteiger partial charge in [-0.3, -0.25) is 0 Å². The van der Waals surface area contributed by atoms with Gasteiger partial charge in [-0.25, -0.2) is 0 Å². The van der Waals surface area contributed by atoms with E-state index in [1.807, 2.05) is 11.8 Å². The first-order valence-electron chi connectivity index (χ1n) is 5.88. The summed E-state index contributed by atoms with van der Waals surface area (Å²) in [6.07, 6.45) is 0. The second kappa shape index (κ2) is 6.19. The van der Waals surface area contributed by atoms with Crippen molar-refractivity contribution in [2.75, 3.05) is 6.61 Å². The summed E-state index contributed by atoms with van der Waals surface area (Å²) in [4.78, 5) is 1.30. The van der Waals surface area contributed by atoms with Gasteiger partial charge in [-0.1, -0.05) is 27.7 Å². The molecule has 0 aliphatic carbocycles. The fraction of sp³-hybridized carbons (Fsp3) is 0.571. The lowest BCUT2D eigenvalue weighted by Crippen LogP contribution is -2.04. The highest BCUT2D eigenvalue weighted by molar-refractivity contribution is 7.99. The monoisotopic (exact) mass is 238 g/mol. The molecule has 1 nitrogen and oxygen atoms in total. The molecule has 0 saturated heterocycles. The molecule has 0 radical (unpaired) electrons. The van der Waals surface area contributed by atoms with Crippen molar-refractivity contribution >= 4 is 11.8 Å². The molecule has 0 aliphatic heterocycles. The van der Waals surface area contributed by atoms with Gasteiger partial charge >= 0.3 is 0 Å². The van der Waals surface area contributed by atoms with Gasteiger partial charge in [0.1, 0.15) is 5.75 Å². The van der Waals surface area contributed by atoms with Crippen LogP contribution in [0.15, 0.2) is 23.1 Å². The number of thioether (sulfide) groups is 1. The van der Waals surface area contributed by atoms with Gasteiger partial charge in [0.05, 0.1) is 6.61 Å². The number of benzene rings is 1. The second-order valence-corrected chi connectivity index (χ2v) is 6.50. The molecule has 0 aromatic heterocycles. The van der Waals surface area contributed by atoms with Crippen LogP contribution < -0.4 is 4.74 Å². The number of hydrogen-bond acceptors (Lipinski definition) is 2. The molecule has 0 aliphatic rings. The molecule has 0 heterocycles. The maximum atomic E-state index is 5.76. The quantitative estimate of drug-likeness (QED) is 0.697.